The van der Waals surface area contributed by atoms with Crippen molar-refractivity contribution in [1.29, 1.82) is 0 Å². The number of carbonyl (C=O) groups is 2. The number of rotatable bonds is 9. The summed E-state index contributed by atoms with van der Waals surface area (Å²) in [7, 11) is -5.01. The third-order valence-corrected chi connectivity index (χ3v) is 4.13. The van der Waals surface area contributed by atoms with Gasteiger partial charge in [-0.25, -0.2) is 9.36 Å². The van der Waals surface area contributed by atoms with Crippen molar-refractivity contribution >= 4 is 25.6 Å². The number of alkyl carbamates (subject to hydrolysis) is 1. The standard InChI is InChI=1S/C17H25N2O10P/c1-10(15(20)21)7-12(18-16(22)28-17(2,3)4)8-11-5-6-14(29-30(25,26)27)13(9-11)19(23)24/h5-6,9-10,12H,7-8H2,1-4H3,(H,18,22)(H,20,21)(H2,25,26,27)/t10?,12-/m0/s1. The second kappa shape index (κ2) is 9.88. The monoisotopic (exact) mass is 448 g/mol. The van der Waals surface area contributed by atoms with Gasteiger partial charge in [-0.2, -0.15) is 0 Å². The molecule has 1 rings (SSSR count). The van der Waals surface area contributed by atoms with Gasteiger partial charge in [0.15, 0.2) is 0 Å². The van der Waals surface area contributed by atoms with Crippen molar-refractivity contribution in [1.82, 2.24) is 5.32 Å². The number of hydrogen-bond donors (Lipinski definition) is 4. The van der Waals surface area contributed by atoms with E-state index in [1.165, 1.54) is 13.0 Å². The van der Waals surface area contributed by atoms with Crippen LogP contribution in [0.2, 0.25) is 0 Å². The molecule has 0 saturated carbocycles. The maximum Gasteiger partial charge on any atom is 0.525 e. The van der Waals surface area contributed by atoms with Crippen LogP contribution >= 0.6 is 7.82 Å². The summed E-state index contributed by atoms with van der Waals surface area (Å²) < 4.78 is 20.5. The number of carboxylic acids is 1. The molecule has 0 heterocycles. The van der Waals surface area contributed by atoms with E-state index >= 15 is 0 Å². The average molecular weight is 448 g/mol. The van der Waals surface area contributed by atoms with E-state index in [4.69, 9.17) is 19.6 Å². The highest BCUT2D eigenvalue weighted by Crippen LogP contribution is 2.42. The first kappa shape index (κ1) is 25.3. The number of ether oxygens (including phenoxy) is 1. The molecule has 30 heavy (non-hydrogen) atoms. The molecule has 0 aliphatic heterocycles. The van der Waals surface area contributed by atoms with Crippen molar-refractivity contribution < 1.29 is 43.2 Å². The van der Waals surface area contributed by atoms with Gasteiger partial charge in [0.05, 0.1) is 10.8 Å². The van der Waals surface area contributed by atoms with Crippen molar-refractivity contribution in [3.63, 3.8) is 0 Å². The van der Waals surface area contributed by atoms with Gasteiger partial charge in [-0.1, -0.05) is 13.0 Å². The highest BCUT2D eigenvalue weighted by Gasteiger charge is 2.27. The van der Waals surface area contributed by atoms with E-state index in [0.717, 1.165) is 12.1 Å². The lowest BCUT2D eigenvalue weighted by atomic mass is 9.96. The molecular formula is C17H25N2O10P. The van der Waals surface area contributed by atoms with Gasteiger partial charge in [0, 0.05) is 12.1 Å². The number of nitrogens with zero attached hydrogens (tertiary/aromatic N) is 1. The molecule has 1 aromatic rings. The number of carbonyl (C=O) groups excluding carboxylic acids is 1. The highest BCUT2D eigenvalue weighted by atomic mass is 31.2. The quantitative estimate of drug-likeness (QED) is 0.248. The number of carboxylic acid groups (broad SMARTS) is 1. The van der Waals surface area contributed by atoms with Gasteiger partial charge in [-0.05, 0) is 45.2 Å². The van der Waals surface area contributed by atoms with Crippen LogP contribution in [-0.2, 0) is 20.5 Å². The van der Waals surface area contributed by atoms with E-state index in [2.05, 4.69) is 9.84 Å². The minimum absolute atomic E-state index is 0.00783. The number of aliphatic carboxylic acids is 1. The summed E-state index contributed by atoms with van der Waals surface area (Å²) in [5.41, 5.74) is -1.15. The Hall–Kier alpha value is -2.69. The maximum absolute atomic E-state index is 12.1. The first-order chi connectivity index (χ1) is 13.6. The van der Waals surface area contributed by atoms with Gasteiger partial charge in [0.2, 0.25) is 5.75 Å². The fraction of sp³-hybridized carbons (Fsp3) is 0.529. The number of phosphoric ester groups is 1. The average Bonchev–Trinajstić information content (AvgIpc) is 2.52. The predicted octanol–water partition coefficient (Wildman–Crippen LogP) is 2.61. The van der Waals surface area contributed by atoms with Crippen LogP contribution in [0, 0.1) is 16.0 Å². The van der Waals surface area contributed by atoms with Gasteiger partial charge in [-0.3, -0.25) is 24.7 Å². The lowest BCUT2D eigenvalue weighted by molar-refractivity contribution is -0.385. The molecule has 0 aliphatic rings. The third-order valence-electron chi connectivity index (χ3n) is 3.70. The highest BCUT2D eigenvalue weighted by molar-refractivity contribution is 7.46. The molecule has 2 atom stereocenters. The summed E-state index contributed by atoms with van der Waals surface area (Å²) in [6.45, 7) is 6.42. The number of nitrogens with one attached hydrogen (secondary N) is 1. The number of nitro benzene ring substituents is 1. The van der Waals surface area contributed by atoms with Crippen LogP contribution < -0.4 is 9.84 Å². The molecule has 168 valence electrons. The molecule has 1 aromatic carbocycles. The molecule has 1 unspecified atom stereocenters. The molecule has 4 N–H and O–H groups in total. The van der Waals surface area contributed by atoms with Crippen LogP contribution in [0.3, 0.4) is 0 Å². The number of hydrogen-bond acceptors (Lipinski definition) is 7. The summed E-state index contributed by atoms with van der Waals surface area (Å²) in [5.74, 6) is -2.52. The van der Waals surface area contributed by atoms with Crippen molar-refractivity contribution in [2.45, 2.75) is 52.2 Å². The van der Waals surface area contributed by atoms with Gasteiger partial charge in [0.25, 0.3) is 0 Å². The lowest BCUT2D eigenvalue weighted by Gasteiger charge is -2.24. The number of nitro groups is 1. The van der Waals surface area contributed by atoms with E-state index in [-0.39, 0.29) is 12.8 Å². The van der Waals surface area contributed by atoms with Crippen molar-refractivity contribution in [3.05, 3.63) is 33.9 Å². The van der Waals surface area contributed by atoms with Gasteiger partial charge >= 0.3 is 25.6 Å². The maximum atomic E-state index is 12.1. The first-order valence-electron chi connectivity index (χ1n) is 8.82. The molecule has 0 saturated heterocycles. The molecule has 0 bridgehead atoms. The molecule has 0 radical (unpaired) electrons. The van der Waals surface area contributed by atoms with Crippen molar-refractivity contribution in [2.24, 2.45) is 5.92 Å². The number of phosphoric acid groups is 1. The zero-order valence-electron chi connectivity index (χ0n) is 16.9. The minimum Gasteiger partial charge on any atom is -0.481 e. The molecular weight excluding hydrogens is 423 g/mol. The smallest absolute Gasteiger partial charge is 0.481 e. The molecule has 0 fully saturated rings. The van der Waals surface area contributed by atoms with Crippen LogP contribution in [0.4, 0.5) is 10.5 Å². The Morgan fingerprint density at radius 2 is 1.90 bits per heavy atom. The SMILES string of the molecule is CC(C[C@@H](Cc1ccc(OP(=O)(O)O)c([N+](=O)[O-])c1)NC(=O)OC(C)(C)C)C(=O)O. The van der Waals surface area contributed by atoms with E-state index in [1.54, 1.807) is 20.8 Å². The zero-order valence-corrected chi connectivity index (χ0v) is 17.8. The molecule has 0 spiro atoms. The van der Waals surface area contributed by atoms with Crippen LogP contribution in [-0.4, -0.2) is 43.5 Å². The Labute approximate surface area is 172 Å². The van der Waals surface area contributed by atoms with Gasteiger partial charge in [-0.15, -0.1) is 0 Å². The minimum atomic E-state index is -5.01. The lowest BCUT2D eigenvalue weighted by Crippen LogP contribution is -2.41. The normalized spacial score (nSPS) is 13.8. The number of benzene rings is 1. The molecule has 13 heteroatoms. The van der Waals surface area contributed by atoms with Crippen LogP contribution in [0.25, 0.3) is 0 Å². The van der Waals surface area contributed by atoms with Crippen molar-refractivity contribution in [2.75, 3.05) is 0 Å². The summed E-state index contributed by atoms with van der Waals surface area (Å²) in [5, 5.41) is 23.0. The summed E-state index contributed by atoms with van der Waals surface area (Å²) in [4.78, 5) is 51.5. The number of amides is 1. The Balaban J connectivity index is 3.13. The Morgan fingerprint density at radius 1 is 1.30 bits per heavy atom. The Bertz CT molecular complexity index is 845. The summed E-state index contributed by atoms with van der Waals surface area (Å²) in [6, 6.07) is 2.66. The van der Waals surface area contributed by atoms with E-state index in [9.17, 15) is 24.3 Å². The molecule has 1 amide bonds. The molecule has 0 aliphatic carbocycles. The van der Waals surface area contributed by atoms with Crippen LogP contribution in [0.1, 0.15) is 39.7 Å². The largest absolute Gasteiger partial charge is 0.525 e. The van der Waals surface area contributed by atoms with E-state index in [0.29, 0.717) is 5.56 Å². The predicted molar refractivity (Wildman–Crippen MR) is 104 cm³/mol. The second-order valence-electron chi connectivity index (χ2n) is 7.66. The molecule has 12 nitrogen and oxygen atoms in total. The fourth-order valence-corrected chi connectivity index (χ4v) is 2.93. The van der Waals surface area contributed by atoms with Crippen molar-refractivity contribution in [3.8, 4) is 5.75 Å². The van der Waals surface area contributed by atoms with E-state index in [1.807, 2.05) is 0 Å². The topological polar surface area (TPSA) is 186 Å². The fourth-order valence-electron chi connectivity index (χ4n) is 2.52. The second-order valence-corrected chi connectivity index (χ2v) is 8.83. The Morgan fingerprint density at radius 3 is 2.37 bits per heavy atom. The zero-order chi connectivity index (χ0) is 23.3. The van der Waals surface area contributed by atoms with Crippen LogP contribution in [0.15, 0.2) is 18.2 Å². The molecule has 0 aromatic heterocycles. The summed E-state index contributed by atoms with van der Waals surface area (Å²) >= 11 is 0. The van der Waals surface area contributed by atoms with Gasteiger partial charge < -0.3 is 19.7 Å². The first-order valence-corrected chi connectivity index (χ1v) is 10.3. The van der Waals surface area contributed by atoms with E-state index < -0.39 is 53.8 Å². The van der Waals surface area contributed by atoms with Gasteiger partial charge in [0.1, 0.15) is 5.60 Å². The van der Waals surface area contributed by atoms with Crippen LogP contribution in [0.5, 0.6) is 5.75 Å². The summed E-state index contributed by atoms with van der Waals surface area (Å²) in [6.07, 6.45) is -0.752. The third kappa shape index (κ3) is 9.21. The Kier molecular flexibility index (Phi) is 8.34.